The smallest absolute Gasteiger partial charge is 0.0959 e. The van der Waals surface area contributed by atoms with Crippen molar-refractivity contribution in [3.8, 4) is 0 Å². The Hall–Kier alpha value is -1.02. The summed E-state index contributed by atoms with van der Waals surface area (Å²) in [4.78, 5) is 0. The second-order valence-electron chi connectivity index (χ2n) is 7.67. The summed E-state index contributed by atoms with van der Waals surface area (Å²) in [5.41, 5.74) is 3.52. The van der Waals surface area contributed by atoms with Crippen molar-refractivity contribution in [1.29, 1.82) is 0 Å². The SMILES string of the molecule is CC[C@]12CC[C@@H]3C4=C(CC[C@H]3[C@@H]1C=C[C@@H]2O)CC(OC)=CC4. The van der Waals surface area contributed by atoms with Gasteiger partial charge in [-0.15, -0.1) is 0 Å². The molecule has 0 saturated heterocycles. The van der Waals surface area contributed by atoms with Gasteiger partial charge in [0.25, 0.3) is 0 Å². The fourth-order valence-corrected chi connectivity index (χ4v) is 5.94. The van der Waals surface area contributed by atoms with Crippen LogP contribution in [0.25, 0.3) is 0 Å². The largest absolute Gasteiger partial charge is 0.501 e. The van der Waals surface area contributed by atoms with Gasteiger partial charge in [-0.3, -0.25) is 0 Å². The molecular weight excluding hydrogens is 272 g/mol. The van der Waals surface area contributed by atoms with Gasteiger partial charge in [0.1, 0.15) is 0 Å². The highest BCUT2D eigenvalue weighted by molar-refractivity contribution is 5.34. The van der Waals surface area contributed by atoms with E-state index in [9.17, 15) is 5.11 Å². The summed E-state index contributed by atoms with van der Waals surface area (Å²) in [7, 11) is 1.80. The summed E-state index contributed by atoms with van der Waals surface area (Å²) in [5, 5.41) is 10.5. The number of aliphatic hydroxyl groups excluding tert-OH is 1. The van der Waals surface area contributed by atoms with Crippen LogP contribution in [-0.4, -0.2) is 18.3 Å². The van der Waals surface area contributed by atoms with E-state index >= 15 is 0 Å². The number of allylic oxidation sites excluding steroid dienone is 4. The van der Waals surface area contributed by atoms with Gasteiger partial charge in [0, 0.05) is 11.8 Å². The first-order valence-corrected chi connectivity index (χ1v) is 9.00. The highest BCUT2D eigenvalue weighted by Gasteiger charge is 2.54. The van der Waals surface area contributed by atoms with Crippen LogP contribution in [0.2, 0.25) is 0 Å². The third-order valence-corrected chi connectivity index (χ3v) is 7.19. The molecule has 0 aromatic carbocycles. The first kappa shape index (κ1) is 14.6. The third kappa shape index (κ3) is 1.89. The summed E-state index contributed by atoms with van der Waals surface area (Å²) < 4.78 is 5.48. The standard InChI is InChI=1S/C20H28O2/c1-3-20-11-10-16-15-7-5-14(22-2)12-13(15)4-6-17(16)18(20)8-9-19(20)21/h5,8-9,16-19,21H,3-4,6-7,10-12H2,1-2H3/t16-,17-,18+,19+,20+/m1/s1. The van der Waals surface area contributed by atoms with Crippen molar-refractivity contribution < 1.29 is 9.84 Å². The minimum absolute atomic E-state index is 0.140. The van der Waals surface area contributed by atoms with Crippen LogP contribution in [0.3, 0.4) is 0 Å². The lowest BCUT2D eigenvalue weighted by Crippen LogP contribution is -2.47. The molecule has 4 rings (SSSR count). The van der Waals surface area contributed by atoms with Gasteiger partial charge >= 0.3 is 0 Å². The van der Waals surface area contributed by atoms with E-state index in [1.165, 1.54) is 25.7 Å². The third-order valence-electron chi connectivity index (χ3n) is 7.19. The minimum Gasteiger partial charge on any atom is -0.501 e. The van der Waals surface area contributed by atoms with Gasteiger partial charge in [0.2, 0.25) is 0 Å². The summed E-state index contributed by atoms with van der Waals surface area (Å²) in [6.07, 6.45) is 14.7. The van der Waals surface area contributed by atoms with Crippen LogP contribution >= 0.6 is 0 Å². The summed E-state index contributed by atoms with van der Waals surface area (Å²) in [6.45, 7) is 2.27. The van der Waals surface area contributed by atoms with E-state index in [2.05, 4.69) is 25.2 Å². The zero-order valence-electron chi connectivity index (χ0n) is 13.8. The Balaban J connectivity index is 1.63. The molecule has 0 aromatic heterocycles. The molecule has 0 aliphatic heterocycles. The number of hydrogen-bond donors (Lipinski definition) is 1. The number of aliphatic hydroxyl groups is 1. The Labute approximate surface area is 133 Å². The Kier molecular flexibility index (Phi) is 3.48. The Morgan fingerprint density at radius 1 is 1.32 bits per heavy atom. The fraction of sp³-hybridized carbons (Fsp3) is 0.700. The lowest BCUT2D eigenvalue weighted by Gasteiger charge is -2.52. The van der Waals surface area contributed by atoms with Gasteiger partial charge in [-0.2, -0.15) is 0 Å². The van der Waals surface area contributed by atoms with E-state index in [-0.39, 0.29) is 11.5 Å². The molecule has 4 aliphatic carbocycles. The van der Waals surface area contributed by atoms with E-state index in [1.807, 2.05) is 0 Å². The average molecular weight is 300 g/mol. The van der Waals surface area contributed by atoms with E-state index < -0.39 is 0 Å². The molecule has 0 heterocycles. The molecule has 4 aliphatic rings. The Morgan fingerprint density at radius 3 is 2.95 bits per heavy atom. The average Bonchev–Trinajstić information content (AvgIpc) is 2.91. The summed E-state index contributed by atoms with van der Waals surface area (Å²) >= 11 is 0. The van der Waals surface area contributed by atoms with Gasteiger partial charge in [0.15, 0.2) is 0 Å². The summed E-state index contributed by atoms with van der Waals surface area (Å²) in [5.74, 6) is 3.25. The zero-order valence-corrected chi connectivity index (χ0v) is 13.8. The lowest BCUT2D eigenvalue weighted by atomic mass is 9.53. The lowest BCUT2D eigenvalue weighted by molar-refractivity contribution is -0.0357. The van der Waals surface area contributed by atoms with Crippen LogP contribution in [0.1, 0.15) is 51.9 Å². The number of fused-ring (bicyclic) bond motifs is 4. The predicted molar refractivity (Wildman–Crippen MR) is 88.2 cm³/mol. The molecule has 0 bridgehead atoms. The van der Waals surface area contributed by atoms with Gasteiger partial charge < -0.3 is 9.84 Å². The molecule has 2 nitrogen and oxygen atoms in total. The molecule has 2 heteroatoms. The topological polar surface area (TPSA) is 29.5 Å². The van der Waals surface area contributed by atoms with E-state index in [4.69, 9.17) is 4.74 Å². The minimum atomic E-state index is -0.217. The number of hydrogen-bond acceptors (Lipinski definition) is 2. The molecule has 0 amide bonds. The van der Waals surface area contributed by atoms with Crippen LogP contribution in [0.15, 0.2) is 35.1 Å². The van der Waals surface area contributed by atoms with Crippen LogP contribution in [0.4, 0.5) is 0 Å². The molecule has 1 saturated carbocycles. The summed E-state index contributed by atoms with van der Waals surface area (Å²) in [6, 6.07) is 0. The van der Waals surface area contributed by atoms with Crippen molar-refractivity contribution in [2.24, 2.45) is 23.2 Å². The normalized spacial score (nSPS) is 43.3. The van der Waals surface area contributed by atoms with Crippen LogP contribution in [-0.2, 0) is 4.74 Å². The molecular formula is C20H28O2. The van der Waals surface area contributed by atoms with Gasteiger partial charge in [-0.25, -0.2) is 0 Å². The number of rotatable bonds is 2. The quantitative estimate of drug-likeness (QED) is 0.767. The first-order valence-electron chi connectivity index (χ1n) is 9.00. The van der Waals surface area contributed by atoms with Crippen molar-refractivity contribution in [3.63, 3.8) is 0 Å². The highest BCUT2D eigenvalue weighted by atomic mass is 16.5. The Morgan fingerprint density at radius 2 is 2.18 bits per heavy atom. The molecule has 120 valence electrons. The van der Waals surface area contributed by atoms with Gasteiger partial charge in [-0.1, -0.05) is 30.2 Å². The maximum absolute atomic E-state index is 10.5. The maximum atomic E-state index is 10.5. The number of ether oxygens (including phenoxy) is 1. The van der Waals surface area contributed by atoms with Crippen molar-refractivity contribution in [2.75, 3.05) is 7.11 Å². The molecule has 0 radical (unpaired) electrons. The van der Waals surface area contributed by atoms with Gasteiger partial charge in [-0.05, 0) is 62.4 Å². The molecule has 1 N–H and O–H groups in total. The molecule has 0 unspecified atom stereocenters. The van der Waals surface area contributed by atoms with Crippen molar-refractivity contribution in [2.45, 2.75) is 58.0 Å². The molecule has 22 heavy (non-hydrogen) atoms. The predicted octanol–water partition coefficient (Wildman–Crippen LogP) is 4.37. The zero-order chi connectivity index (χ0) is 15.3. The van der Waals surface area contributed by atoms with E-state index in [0.717, 1.165) is 36.9 Å². The van der Waals surface area contributed by atoms with Crippen molar-refractivity contribution >= 4 is 0 Å². The number of methoxy groups -OCH3 is 1. The van der Waals surface area contributed by atoms with E-state index in [0.29, 0.717) is 5.92 Å². The highest BCUT2D eigenvalue weighted by Crippen LogP contribution is 2.60. The van der Waals surface area contributed by atoms with Crippen molar-refractivity contribution in [3.05, 3.63) is 35.1 Å². The second kappa shape index (κ2) is 5.26. The molecule has 5 atom stereocenters. The van der Waals surface area contributed by atoms with Crippen LogP contribution < -0.4 is 0 Å². The van der Waals surface area contributed by atoms with E-state index in [1.54, 1.807) is 18.3 Å². The maximum Gasteiger partial charge on any atom is 0.0959 e. The van der Waals surface area contributed by atoms with Crippen LogP contribution in [0, 0.1) is 23.2 Å². The monoisotopic (exact) mass is 300 g/mol. The Bertz CT molecular complexity index is 556. The molecule has 0 spiro atoms. The second-order valence-corrected chi connectivity index (χ2v) is 7.67. The van der Waals surface area contributed by atoms with Crippen LogP contribution in [0.5, 0.6) is 0 Å². The fourth-order valence-electron chi connectivity index (χ4n) is 5.94. The molecule has 1 fully saturated rings. The van der Waals surface area contributed by atoms with Gasteiger partial charge in [0.05, 0.1) is 19.0 Å². The molecule has 0 aromatic rings. The first-order chi connectivity index (χ1) is 10.7. The van der Waals surface area contributed by atoms with Crippen molar-refractivity contribution in [1.82, 2.24) is 0 Å².